The Morgan fingerprint density at radius 3 is 2.50 bits per heavy atom. The molecule has 0 atom stereocenters. The Morgan fingerprint density at radius 1 is 1.42 bits per heavy atom. The van der Waals surface area contributed by atoms with Crippen LogP contribution >= 0.6 is 0 Å². The number of hydrogen-bond donors (Lipinski definition) is 0. The standard InChI is InChI=1S/C9H10FNO/c1-11(10)9(12)7-8-5-3-2-4-6-8/h2-6H,7H2,1H3. The molecule has 3 heteroatoms. The minimum absolute atomic E-state index is 0.104. The second-order valence-corrected chi connectivity index (χ2v) is 2.53. The van der Waals surface area contributed by atoms with E-state index in [0.29, 0.717) is 0 Å². The van der Waals surface area contributed by atoms with Crippen molar-refractivity contribution in [2.45, 2.75) is 6.42 Å². The van der Waals surface area contributed by atoms with Gasteiger partial charge in [-0.1, -0.05) is 34.8 Å². The molecular weight excluding hydrogens is 157 g/mol. The van der Waals surface area contributed by atoms with Crippen LogP contribution in [0.2, 0.25) is 0 Å². The van der Waals surface area contributed by atoms with Crippen LogP contribution in [0.15, 0.2) is 30.3 Å². The van der Waals surface area contributed by atoms with E-state index in [2.05, 4.69) is 0 Å². The first-order valence-corrected chi connectivity index (χ1v) is 3.66. The lowest BCUT2D eigenvalue weighted by Crippen LogP contribution is -2.19. The number of likely N-dealkylation sites (N-methyl/N-ethyl adjacent to an activating group) is 1. The van der Waals surface area contributed by atoms with Gasteiger partial charge in [0.2, 0.25) is 0 Å². The summed E-state index contributed by atoms with van der Waals surface area (Å²) in [4.78, 5) is 10.9. The van der Waals surface area contributed by atoms with Gasteiger partial charge >= 0.3 is 0 Å². The van der Waals surface area contributed by atoms with Crippen LogP contribution in [0.3, 0.4) is 0 Å². The molecule has 0 saturated heterocycles. The number of nitrogens with zero attached hydrogens (tertiary/aromatic N) is 1. The highest BCUT2D eigenvalue weighted by Crippen LogP contribution is 2.01. The van der Waals surface area contributed by atoms with Crippen LogP contribution in [-0.2, 0) is 11.2 Å². The third-order valence-corrected chi connectivity index (χ3v) is 1.54. The first-order valence-electron chi connectivity index (χ1n) is 3.66. The summed E-state index contributed by atoms with van der Waals surface area (Å²) in [5, 5.41) is 0.104. The molecule has 1 rings (SSSR count). The van der Waals surface area contributed by atoms with Crippen molar-refractivity contribution in [3.63, 3.8) is 0 Å². The van der Waals surface area contributed by atoms with Crippen molar-refractivity contribution in [2.24, 2.45) is 0 Å². The second kappa shape index (κ2) is 3.85. The van der Waals surface area contributed by atoms with E-state index in [1.807, 2.05) is 18.2 Å². The van der Waals surface area contributed by atoms with E-state index in [0.717, 1.165) is 12.6 Å². The summed E-state index contributed by atoms with van der Waals surface area (Å²) < 4.78 is 12.3. The van der Waals surface area contributed by atoms with E-state index < -0.39 is 5.91 Å². The van der Waals surface area contributed by atoms with Crippen LogP contribution in [0.5, 0.6) is 0 Å². The fraction of sp³-hybridized carbons (Fsp3) is 0.222. The first kappa shape index (κ1) is 8.71. The molecule has 2 nitrogen and oxygen atoms in total. The minimum atomic E-state index is -0.527. The predicted octanol–water partition coefficient (Wildman–Crippen LogP) is 1.57. The number of carbonyl (C=O) groups excluding carboxylic acids is 1. The topological polar surface area (TPSA) is 20.3 Å². The van der Waals surface area contributed by atoms with Crippen molar-refractivity contribution in [1.82, 2.24) is 5.12 Å². The molecule has 0 heterocycles. The zero-order valence-corrected chi connectivity index (χ0v) is 6.83. The van der Waals surface area contributed by atoms with Crippen molar-refractivity contribution >= 4 is 5.91 Å². The third kappa shape index (κ3) is 2.34. The Labute approximate surface area is 70.5 Å². The highest BCUT2D eigenvalue weighted by atomic mass is 19.2. The molecule has 1 amide bonds. The SMILES string of the molecule is CN(F)C(=O)Cc1ccccc1. The van der Waals surface area contributed by atoms with Crippen LogP contribution in [-0.4, -0.2) is 18.1 Å². The number of hydrogen-bond acceptors (Lipinski definition) is 1. The van der Waals surface area contributed by atoms with E-state index in [-0.39, 0.29) is 11.5 Å². The average molecular weight is 167 g/mol. The van der Waals surface area contributed by atoms with E-state index >= 15 is 0 Å². The predicted molar refractivity (Wildman–Crippen MR) is 44.0 cm³/mol. The largest absolute Gasteiger partial charge is 0.272 e. The Balaban J connectivity index is 2.59. The van der Waals surface area contributed by atoms with Gasteiger partial charge in [0.05, 0.1) is 6.42 Å². The van der Waals surface area contributed by atoms with Gasteiger partial charge in [-0.25, -0.2) is 0 Å². The highest BCUT2D eigenvalue weighted by Gasteiger charge is 2.06. The first-order chi connectivity index (χ1) is 5.70. The van der Waals surface area contributed by atoms with Crippen LogP contribution in [0.1, 0.15) is 5.56 Å². The average Bonchev–Trinajstić information content (AvgIpc) is 2.06. The number of carbonyl (C=O) groups is 1. The van der Waals surface area contributed by atoms with Crippen LogP contribution in [0.4, 0.5) is 4.48 Å². The maximum atomic E-state index is 12.3. The summed E-state index contributed by atoms with van der Waals surface area (Å²) in [6.07, 6.45) is 0.119. The van der Waals surface area contributed by atoms with Gasteiger partial charge in [0, 0.05) is 7.05 Å². The van der Waals surface area contributed by atoms with Gasteiger partial charge in [-0.15, -0.1) is 0 Å². The Bertz CT molecular complexity index is 258. The van der Waals surface area contributed by atoms with Crippen LogP contribution in [0.25, 0.3) is 0 Å². The zero-order valence-electron chi connectivity index (χ0n) is 6.83. The molecule has 64 valence electrons. The van der Waals surface area contributed by atoms with E-state index in [4.69, 9.17) is 0 Å². The molecule has 0 fully saturated rings. The fourth-order valence-electron chi connectivity index (χ4n) is 0.879. The maximum Gasteiger partial charge on any atom is 0.254 e. The second-order valence-electron chi connectivity index (χ2n) is 2.53. The Morgan fingerprint density at radius 2 is 2.00 bits per heavy atom. The van der Waals surface area contributed by atoms with Crippen molar-refractivity contribution < 1.29 is 9.28 Å². The molecule has 0 unspecified atom stereocenters. The van der Waals surface area contributed by atoms with Gasteiger partial charge in [-0.05, 0) is 5.56 Å². The molecular formula is C9H10FNO. The molecule has 0 N–H and O–H groups in total. The van der Waals surface area contributed by atoms with Gasteiger partial charge < -0.3 is 0 Å². The lowest BCUT2D eigenvalue weighted by Gasteiger charge is -2.04. The molecule has 12 heavy (non-hydrogen) atoms. The monoisotopic (exact) mass is 167 g/mol. The van der Waals surface area contributed by atoms with Crippen molar-refractivity contribution in [2.75, 3.05) is 7.05 Å². The molecule has 0 spiro atoms. The van der Waals surface area contributed by atoms with Gasteiger partial charge in [0.15, 0.2) is 0 Å². The molecule has 0 aliphatic rings. The molecule has 0 aromatic heterocycles. The summed E-state index contributed by atoms with van der Waals surface area (Å²) in [7, 11) is 1.10. The Hall–Kier alpha value is -1.38. The minimum Gasteiger partial charge on any atom is -0.272 e. The lowest BCUT2D eigenvalue weighted by molar-refractivity contribution is -0.142. The number of benzene rings is 1. The van der Waals surface area contributed by atoms with Crippen LogP contribution < -0.4 is 0 Å². The lowest BCUT2D eigenvalue weighted by atomic mass is 10.1. The summed E-state index contributed by atoms with van der Waals surface area (Å²) in [5.41, 5.74) is 0.826. The molecule has 0 saturated carbocycles. The molecule has 0 bridgehead atoms. The highest BCUT2D eigenvalue weighted by molar-refractivity contribution is 5.77. The molecule has 1 aromatic rings. The van der Waals surface area contributed by atoms with E-state index in [1.54, 1.807) is 12.1 Å². The smallest absolute Gasteiger partial charge is 0.254 e. The quantitative estimate of drug-likeness (QED) is 0.612. The summed E-state index contributed by atoms with van der Waals surface area (Å²) >= 11 is 0. The van der Waals surface area contributed by atoms with E-state index in [1.165, 1.54) is 0 Å². The number of amides is 1. The fourth-order valence-corrected chi connectivity index (χ4v) is 0.879. The molecule has 0 radical (unpaired) electrons. The number of halogens is 1. The third-order valence-electron chi connectivity index (χ3n) is 1.54. The molecule has 0 aliphatic carbocycles. The van der Waals surface area contributed by atoms with Crippen molar-refractivity contribution in [3.05, 3.63) is 35.9 Å². The maximum absolute atomic E-state index is 12.3. The summed E-state index contributed by atoms with van der Waals surface area (Å²) in [6, 6.07) is 9.08. The van der Waals surface area contributed by atoms with Crippen molar-refractivity contribution in [1.29, 1.82) is 0 Å². The summed E-state index contributed by atoms with van der Waals surface area (Å²) in [6.45, 7) is 0. The van der Waals surface area contributed by atoms with Crippen LogP contribution in [0, 0.1) is 0 Å². The van der Waals surface area contributed by atoms with Crippen molar-refractivity contribution in [3.8, 4) is 0 Å². The Kier molecular flexibility index (Phi) is 2.80. The van der Waals surface area contributed by atoms with Gasteiger partial charge in [0.1, 0.15) is 0 Å². The van der Waals surface area contributed by atoms with Gasteiger partial charge in [-0.3, -0.25) is 4.79 Å². The molecule has 1 aromatic carbocycles. The summed E-state index contributed by atoms with van der Waals surface area (Å²) in [5.74, 6) is -0.527. The molecule has 0 aliphatic heterocycles. The van der Waals surface area contributed by atoms with Gasteiger partial charge in [0.25, 0.3) is 5.91 Å². The zero-order chi connectivity index (χ0) is 8.97. The normalized spacial score (nSPS) is 9.50. The van der Waals surface area contributed by atoms with Gasteiger partial charge in [-0.2, -0.15) is 5.12 Å². The number of rotatable bonds is 2. The van der Waals surface area contributed by atoms with E-state index in [9.17, 15) is 9.28 Å².